The molecule has 1 unspecified atom stereocenters. The first kappa shape index (κ1) is 19.1. The number of nitrogens with one attached hydrogen (secondary N) is 1. The van der Waals surface area contributed by atoms with E-state index in [0.717, 1.165) is 5.56 Å². The lowest BCUT2D eigenvalue weighted by Crippen LogP contribution is -2.45. The maximum atomic E-state index is 12.0. The molecular formula is C16H22ClNO5. The zero-order chi connectivity index (χ0) is 17.5. The Morgan fingerprint density at radius 1 is 1.30 bits per heavy atom. The van der Waals surface area contributed by atoms with Gasteiger partial charge in [0, 0.05) is 6.42 Å². The van der Waals surface area contributed by atoms with Gasteiger partial charge in [-0.1, -0.05) is 23.7 Å². The molecule has 1 N–H and O–H groups in total. The van der Waals surface area contributed by atoms with E-state index < -0.39 is 23.7 Å². The first-order valence-electron chi connectivity index (χ1n) is 7.10. The van der Waals surface area contributed by atoms with Crippen LogP contribution in [0.15, 0.2) is 24.3 Å². The number of hydrogen-bond acceptors (Lipinski definition) is 5. The van der Waals surface area contributed by atoms with Crippen LogP contribution in [0.5, 0.6) is 5.75 Å². The number of halogens is 1. The number of carbonyl (C=O) groups is 2. The zero-order valence-corrected chi connectivity index (χ0v) is 14.5. The van der Waals surface area contributed by atoms with E-state index in [9.17, 15) is 9.59 Å². The van der Waals surface area contributed by atoms with Crippen LogP contribution in [-0.2, 0) is 20.7 Å². The second kappa shape index (κ2) is 8.62. The van der Waals surface area contributed by atoms with Crippen LogP contribution in [-0.4, -0.2) is 36.9 Å². The molecule has 0 radical (unpaired) electrons. The van der Waals surface area contributed by atoms with Crippen molar-refractivity contribution < 1.29 is 23.8 Å². The number of alkyl carbamates (subject to hydrolysis) is 1. The lowest BCUT2D eigenvalue weighted by Gasteiger charge is -2.22. The Kier molecular flexibility index (Phi) is 7.16. The number of hydrogen-bond donors (Lipinski definition) is 1. The number of rotatable bonds is 6. The molecule has 0 aliphatic heterocycles. The van der Waals surface area contributed by atoms with Crippen LogP contribution in [0.1, 0.15) is 26.3 Å². The third-order valence-corrected chi connectivity index (χ3v) is 2.86. The lowest BCUT2D eigenvalue weighted by molar-refractivity contribution is -0.144. The molecule has 7 heteroatoms. The summed E-state index contributed by atoms with van der Waals surface area (Å²) < 4.78 is 15.1. The molecular weight excluding hydrogens is 322 g/mol. The van der Waals surface area contributed by atoms with E-state index in [-0.39, 0.29) is 12.5 Å². The van der Waals surface area contributed by atoms with Gasteiger partial charge < -0.3 is 19.5 Å². The Labute approximate surface area is 141 Å². The SMILES string of the molecule is COc1cccc(CC(NC(=O)OC(C)(C)C)C(=O)OCCl)c1. The summed E-state index contributed by atoms with van der Waals surface area (Å²) in [5.74, 6) is 0.0258. The minimum Gasteiger partial charge on any atom is -0.497 e. The molecule has 1 rings (SSSR count). The molecule has 1 aromatic carbocycles. The van der Waals surface area contributed by atoms with Gasteiger partial charge in [-0.2, -0.15) is 0 Å². The fourth-order valence-corrected chi connectivity index (χ4v) is 1.94. The minimum atomic E-state index is -0.907. The summed E-state index contributed by atoms with van der Waals surface area (Å²) in [6.07, 6.45) is -0.469. The fourth-order valence-electron chi connectivity index (χ4n) is 1.83. The van der Waals surface area contributed by atoms with Crippen LogP contribution in [0.4, 0.5) is 4.79 Å². The number of esters is 1. The van der Waals surface area contributed by atoms with Crippen LogP contribution in [0.2, 0.25) is 0 Å². The smallest absolute Gasteiger partial charge is 0.408 e. The van der Waals surface area contributed by atoms with Crippen LogP contribution < -0.4 is 10.1 Å². The van der Waals surface area contributed by atoms with E-state index in [1.807, 2.05) is 6.07 Å². The van der Waals surface area contributed by atoms with Crippen molar-refractivity contribution in [1.82, 2.24) is 5.32 Å². The normalized spacial score (nSPS) is 12.2. The van der Waals surface area contributed by atoms with Crippen molar-refractivity contribution in [2.75, 3.05) is 13.2 Å². The Bertz CT molecular complexity index is 542. The highest BCUT2D eigenvalue weighted by molar-refractivity contribution is 6.17. The second-order valence-electron chi connectivity index (χ2n) is 5.83. The Hall–Kier alpha value is -1.95. The maximum Gasteiger partial charge on any atom is 0.408 e. The van der Waals surface area contributed by atoms with Crippen LogP contribution >= 0.6 is 11.6 Å². The average molecular weight is 344 g/mol. The van der Waals surface area contributed by atoms with Gasteiger partial charge in [0.25, 0.3) is 0 Å². The number of methoxy groups -OCH3 is 1. The van der Waals surface area contributed by atoms with E-state index in [4.69, 9.17) is 25.8 Å². The standard InChI is InChI=1S/C16H22ClNO5/c1-16(2,3)23-15(20)18-13(14(19)22-10-17)9-11-6-5-7-12(8-11)21-4/h5-8,13H,9-10H2,1-4H3,(H,18,20). The largest absolute Gasteiger partial charge is 0.497 e. The summed E-state index contributed by atoms with van der Waals surface area (Å²) in [4.78, 5) is 23.9. The zero-order valence-electron chi connectivity index (χ0n) is 13.7. The number of carbonyl (C=O) groups excluding carboxylic acids is 2. The maximum absolute atomic E-state index is 12.0. The molecule has 0 aliphatic carbocycles. The molecule has 23 heavy (non-hydrogen) atoms. The molecule has 128 valence electrons. The number of alkyl halides is 1. The topological polar surface area (TPSA) is 73.9 Å². The van der Waals surface area contributed by atoms with Crippen molar-refractivity contribution in [3.05, 3.63) is 29.8 Å². The number of amides is 1. The molecule has 0 saturated carbocycles. The molecule has 1 aromatic rings. The quantitative estimate of drug-likeness (QED) is 0.635. The van der Waals surface area contributed by atoms with Crippen molar-refractivity contribution in [2.24, 2.45) is 0 Å². The van der Waals surface area contributed by atoms with E-state index in [1.54, 1.807) is 46.1 Å². The van der Waals surface area contributed by atoms with Gasteiger partial charge >= 0.3 is 12.1 Å². The lowest BCUT2D eigenvalue weighted by atomic mass is 10.1. The predicted molar refractivity (Wildman–Crippen MR) is 86.7 cm³/mol. The van der Waals surface area contributed by atoms with E-state index in [0.29, 0.717) is 5.75 Å². The second-order valence-corrected chi connectivity index (χ2v) is 6.05. The van der Waals surface area contributed by atoms with Gasteiger partial charge in [-0.15, -0.1) is 0 Å². The summed E-state index contributed by atoms with van der Waals surface area (Å²) >= 11 is 5.43. The van der Waals surface area contributed by atoms with Crippen molar-refractivity contribution >= 4 is 23.7 Å². The molecule has 0 fully saturated rings. The summed E-state index contributed by atoms with van der Waals surface area (Å²) in [6, 6.07) is 5.99. The first-order valence-corrected chi connectivity index (χ1v) is 7.63. The van der Waals surface area contributed by atoms with Crippen LogP contribution in [0, 0.1) is 0 Å². The van der Waals surface area contributed by atoms with Crippen LogP contribution in [0.3, 0.4) is 0 Å². The predicted octanol–water partition coefficient (Wildman–Crippen LogP) is 2.87. The molecule has 0 aromatic heterocycles. The monoisotopic (exact) mass is 343 g/mol. The highest BCUT2D eigenvalue weighted by Crippen LogP contribution is 2.15. The third kappa shape index (κ3) is 7.23. The van der Waals surface area contributed by atoms with Crippen molar-refractivity contribution in [3.63, 3.8) is 0 Å². The Morgan fingerprint density at radius 2 is 2.00 bits per heavy atom. The first-order chi connectivity index (χ1) is 10.7. The van der Waals surface area contributed by atoms with Gasteiger partial charge in [0.2, 0.25) is 0 Å². The van der Waals surface area contributed by atoms with E-state index in [2.05, 4.69) is 5.32 Å². The van der Waals surface area contributed by atoms with Gasteiger partial charge in [-0.25, -0.2) is 9.59 Å². The Morgan fingerprint density at radius 3 is 2.57 bits per heavy atom. The Balaban J connectivity index is 2.83. The molecule has 0 heterocycles. The summed E-state index contributed by atoms with van der Waals surface area (Å²) in [7, 11) is 1.55. The van der Waals surface area contributed by atoms with Gasteiger partial charge in [0.1, 0.15) is 17.4 Å². The molecule has 0 aliphatic rings. The van der Waals surface area contributed by atoms with Gasteiger partial charge in [-0.05, 0) is 38.5 Å². The van der Waals surface area contributed by atoms with Crippen molar-refractivity contribution in [1.29, 1.82) is 0 Å². The fraction of sp³-hybridized carbons (Fsp3) is 0.500. The number of benzene rings is 1. The van der Waals surface area contributed by atoms with E-state index >= 15 is 0 Å². The number of ether oxygens (including phenoxy) is 3. The molecule has 1 atom stereocenters. The highest BCUT2D eigenvalue weighted by Gasteiger charge is 2.25. The molecule has 0 spiro atoms. The van der Waals surface area contributed by atoms with Gasteiger partial charge in [-0.3, -0.25) is 0 Å². The minimum absolute atomic E-state index is 0.228. The van der Waals surface area contributed by atoms with Crippen LogP contribution in [0.25, 0.3) is 0 Å². The highest BCUT2D eigenvalue weighted by atomic mass is 35.5. The average Bonchev–Trinajstić information content (AvgIpc) is 2.45. The van der Waals surface area contributed by atoms with Crippen molar-refractivity contribution in [2.45, 2.75) is 38.8 Å². The molecule has 0 bridgehead atoms. The molecule has 1 amide bonds. The summed E-state index contributed by atoms with van der Waals surface area (Å²) in [5.41, 5.74) is 0.137. The van der Waals surface area contributed by atoms with Gasteiger partial charge in [0.15, 0.2) is 6.07 Å². The molecule has 6 nitrogen and oxygen atoms in total. The van der Waals surface area contributed by atoms with E-state index in [1.165, 1.54) is 0 Å². The molecule has 0 saturated heterocycles. The summed E-state index contributed by atoms with van der Waals surface area (Å²) in [6.45, 7) is 5.21. The van der Waals surface area contributed by atoms with Gasteiger partial charge in [0.05, 0.1) is 7.11 Å². The van der Waals surface area contributed by atoms with Crippen molar-refractivity contribution in [3.8, 4) is 5.75 Å². The third-order valence-electron chi connectivity index (χ3n) is 2.75. The summed E-state index contributed by atoms with van der Waals surface area (Å²) in [5, 5.41) is 2.51.